The molecule has 2 rings (SSSR count). The van der Waals surface area contributed by atoms with E-state index in [-0.39, 0.29) is 5.56 Å². The van der Waals surface area contributed by atoms with Crippen LogP contribution in [0.4, 0.5) is 10.1 Å². The Balaban J connectivity index is 2.23. The van der Waals surface area contributed by atoms with E-state index in [0.29, 0.717) is 11.7 Å². The fourth-order valence-electron chi connectivity index (χ4n) is 2.81. The summed E-state index contributed by atoms with van der Waals surface area (Å²) in [5, 5.41) is 9.19. The lowest BCUT2D eigenvalue weighted by Crippen LogP contribution is -2.35. The first kappa shape index (κ1) is 13.8. The van der Waals surface area contributed by atoms with Crippen molar-refractivity contribution in [2.75, 3.05) is 11.9 Å². The molecular formula is C15H20FNO2. The largest absolute Gasteiger partial charge is 0.478 e. The molecule has 0 aliphatic heterocycles. The zero-order chi connectivity index (χ0) is 14.0. The molecule has 0 unspecified atom stereocenters. The normalized spacial score (nSPS) is 23.1. The third-order valence-electron chi connectivity index (χ3n) is 4.10. The molecule has 19 heavy (non-hydrogen) atoms. The van der Waals surface area contributed by atoms with Crippen molar-refractivity contribution >= 4 is 11.7 Å². The van der Waals surface area contributed by atoms with Crippen molar-refractivity contribution in [1.82, 2.24) is 0 Å². The first-order valence-electron chi connectivity index (χ1n) is 6.74. The molecule has 0 bridgehead atoms. The summed E-state index contributed by atoms with van der Waals surface area (Å²) < 4.78 is 13.2. The summed E-state index contributed by atoms with van der Waals surface area (Å²) in [4.78, 5) is 13.2. The predicted octanol–water partition coefficient (Wildman–Crippen LogP) is 3.54. The van der Waals surface area contributed by atoms with E-state index >= 15 is 0 Å². The molecule has 0 heterocycles. The van der Waals surface area contributed by atoms with Gasteiger partial charge >= 0.3 is 5.97 Å². The van der Waals surface area contributed by atoms with Crippen LogP contribution in [0.3, 0.4) is 0 Å². The number of carboxylic acids is 1. The van der Waals surface area contributed by atoms with Crippen LogP contribution >= 0.6 is 0 Å². The van der Waals surface area contributed by atoms with E-state index in [9.17, 15) is 14.3 Å². The lowest BCUT2D eigenvalue weighted by Gasteiger charge is -2.35. The maximum atomic E-state index is 13.2. The van der Waals surface area contributed by atoms with E-state index in [1.165, 1.54) is 18.9 Å². The van der Waals surface area contributed by atoms with E-state index in [4.69, 9.17) is 0 Å². The van der Waals surface area contributed by atoms with E-state index in [1.54, 1.807) is 6.07 Å². The van der Waals surface area contributed by atoms with Gasteiger partial charge in [0.25, 0.3) is 0 Å². The van der Waals surface area contributed by atoms with E-state index in [2.05, 4.69) is 6.92 Å². The van der Waals surface area contributed by atoms with Crippen molar-refractivity contribution in [3.8, 4) is 0 Å². The highest BCUT2D eigenvalue weighted by molar-refractivity contribution is 5.94. The standard InChI is InChI=1S/C15H20FNO2/c1-10-3-6-12(7-4-10)17(2)14-8-5-11(16)9-13(14)15(18)19/h5,8-10,12H,3-4,6-7H2,1-2H3,(H,18,19). The molecular weight excluding hydrogens is 245 g/mol. The van der Waals surface area contributed by atoms with E-state index in [1.807, 2.05) is 11.9 Å². The zero-order valence-corrected chi connectivity index (χ0v) is 11.4. The van der Waals surface area contributed by atoms with Crippen LogP contribution in [0.25, 0.3) is 0 Å². The highest BCUT2D eigenvalue weighted by Gasteiger charge is 2.24. The molecule has 1 aliphatic rings. The number of anilines is 1. The average molecular weight is 265 g/mol. The van der Waals surface area contributed by atoms with Crippen molar-refractivity contribution in [3.63, 3.8) is 0 Å². The molecule has 1 N–H and O–H groups in total. The summed E-state index contributed by atoms with van der Waals surface area (Å²) in [6.45, 7) is 2.25. The molecule has 1 aliphatic carbocycles. The highest BCUT2D eigenvalue weighted by atomic mass is 19.1. The molecule has 4 heteroatoms. The van der Waals surface area contributed by atoms with Crippen LogP contribution in [0.1, 0.15) is 43.0 Å². The summed E-state index contributed by atoms with van der Waals surface area (Å²) in [7, 11) is 1.90. The van der Waals surface area contributed by atoms with Crippen molar-refractivity contribution < 1.29 is 14.3 Å². The molecule has 3 nitrogen and oxygen atoms in total. The number of carboxylic acid groups (broad SMARTS) is 1. The smallest absolute Gasteiger partial charge is 0.337 e. The highest BCUT2D eigenvalue weighted by Crippen LogP contribution is 2.31. The Morgan fingerprint density at radius 3 is 2.53 bits per heavy atom. The summed E-state index contributed by atoms with van der Waals surface area (Å²) in [6, 6.07) is 4.33. The molecule has 0 spiro atoms. The van der Waals surface area contributed by atoms with Gasteiger partial charge in [-0.1, -0.05) is 6.92 Å². The van der Waals surface area contributed by atoms with Gasteiger partial charge < -0.3 is 10.0 Å². The number of aromatic carboxylic acids is 1. The fraction of sp³-hybridized carbons (Fsp3) is 0.533. The minimum Gasteiger partial charge on any atom is -0.478 e. The second-order valence-electron chi connectivity index (χ2n) is 5.49. The van der Waals surface area contributed by atoms with E-state index in [0.717, 1.165) is 24.8 Å². The first-order valence-corrected chi connectivity index (χ1v) is 6.74. The van der Waals surface area contributed by atoms with E-state index < -0.39 is 11.8 Å². The lowest BCUT2D eigenvalue weighted by atomic mass is 9.86. The number of benzene rings is 1. The second-order valence-corrected chi connectivity index (χ2v) is 5.49. The monoisotopic (exact) mass is 265 g/mol. The van der Waals surface area contributed by atoms with Crippen LogP contribution in [0, 0.1) is 11.7 Å². The number of rotatable bonds is 3. The molecule has 0 saturated heterocycles. The molecule has 1 saturated carbocycles. The molecule has 0 radical (unpaired) electrons. The van der Waals surface area contributed by atoms with Gasteiger partial charge in [-0.2, -0.15) is 0 Å². The van der Waals surface area contributed by atoms with Gasteiger partial charge in [-0.15, -0.1) is 0 Å². The van der Waals surface area contributed by atoms with Crippen LogP contribution < -0.4 is 4.90 Å². The predicted molar refractivity (Wildman–Crippen MR) is 73.2 cm³/mol. The Labute approximate surface area is 113 Å². The first-order chi connectivity index (χ1) is 8.99. The Hall–Kier alpha value is -1.58. The molecule has 0 aromatic heterocycles. The van der Waals surface area contributed by atoms with Crippen LogP contribution in [-0.2, 0) is 0 Å². The maximum Gasteiger partial charge on any atom is 0.337 e. The number of carbonyl (C=O) groups is 1. The number of halogens is 1. The average Bonchev–Trinajstić information content (AvgIpc) is 2.38. The summed E-state index contributed by atoms with van der Waals surface area (Å²) in [6.07, 6.45) is 4.46. The molecule has 1 aromatic carbocycles. The van der Waals surface area contributed by atoms with Crippen molar-refractivity contribution in [3.05, 3.63) is 29.6 Å². The maximum absolute atomic E-state index is 13.2. The number of nitrogens with zero attached hydrogens (tertiary/aromatic N) is 1. The minimum absolute atomic E-state index is 0.0427. The summed E-state index contributed by atoms with van der Waals surface area (Å²) >= 11 is 0. The van der Waals surface area contributed by atoms with Gasteiger partial charge in [-0.25, -0.2) is 9.18 Å². The second kappa shape index (κ2) is 5.59. The molecule has 1 fully saturated rings. The van der Waals surface area contributed by atoms with Crippen molar-refractivity contribution in [2.24, 2.45) is 5.92 Å². The zero-order valence-electron chi connectivity index (χ0n) is 11.4. The number of hydrogen-bond donors (Lipinski definition) is 1. The minimum atomic E-state index is -1.08. The quantitative estimate of drug-likeness (QED) is 0.908. The Kier molecular flexibility index (Phi) is 4.08. The topological polar surface area (TPSA) is 40.5 Å². The summed E-state index contributed by atoms with van der Waals surface area (Å²) in [5.74, 6) is -0.839. The lowest BCUT2D eigenvalue weighted by molar-refractivity contribution is 0.0697. The molecule has 104 valence electrons. The van der Waals surface area contributed by atoms with Gasteiger partial charge in [-0.05, 0) is 49.8 Å². The van der Waals surface area contributed by atoms with Gasteiger partial charge in [0.1, 0.15) is 5.82 Å². The van der Waals surface area contributed by atoms with Crippen LogP contribution in [0.15, 0.2) is 18.2 Å². The van der Waals surface area contributed by atoms with Crippen LogP contribution in [0.5, 0.6) is 0 Å². The molecule has 0 atom stereocenters. The fourth-order valence-corrected chi connectivity index (χ4v) is 2.81. The van der Waals surface area contributed by atoms with Crippen LogP contribution in [0.2, 0.25) is 0 Å². The Morgan fingerprint density at radius 2 is 1.95 bits per heavy atom. The Morgan fingerprint density at radius 1 is 1.32 bits per heavy atom. The van der Waals surface area contributed by atoms with Gasteiger partial charge in [0.05, 0.1) is 11.3 Å². The summed E-state index contributed by atoms with van der Waals surface area (Å²) in [5.41, 5.74) is 0.648. The van der Waals surface area contributed by atoms with Crippen molar-refractivity contribution in [2.45, 2.75) is 38.6 Å². The third-order valence-corrected chi connectivity index (χ3v) is 4.10. The van der Waals surface area contributed by atoms with Gasteiger partial charge in [-0.3, -0.25) is 0 Å². The molecule has 0 amide bonds. The Bertz CT molecular complexity index is 467. The number of hydrogen-bond acceptors (Lipinski definition) is 2. The van der Waals surface area contributed by atoms with Gasteiger partial charge in [0.15, 0.2) is 0 Å². The third kappa shape index (κ3) is 3.06. The molecule has 1 aromatic rings. The van der Waals surface area contributed by atoms with Gasteiger partial charge in [0, 0.05) is 13.1 Å². The van der Waals surface area contributed by atoms with Crippen LogP contribution in [-0.4, -0.2) is 24.2 Å². The SMILES string of the molecule is CC1CCC(N(C)c2ccc(F)cc2C(=O)O)CC1. The van der Waals surface area contributed by atoms with Gasteiger partial charge in [0.2, 0.25) is 0 Å². The van der Waals surface area contributed by atoms with Crippen molar-refractivity contribution in [1.29, 1.82) is 0 Å².